The topological polar surface area (TPSA) is 65.5 Å². The monoisotopic (exact) mass is 483 g/mol. The standard InChI is InChI=1S/C23H22F5N3O3/c1-12-30-17-9-18(33-3)19(34-22(4-5-22)11-32-2)8-15(17)21(31-12)29-10-13-6-14(24)7-16(20(13)25)23(26,27)28/h6-9H,4-5,10-11H2,1-3H3,(H,29,30,31). The van der Waals surface area contributed by atoms with E-state index < -0.39 is 41.1 Å². The fourth-order valence-corrected chi connectivity index (χ4v) is 3.70. The van der Waals surface area contributed by atoms with Crippen molar-refractivity contribution in [1.82, 2.24) is 9.97 Å². The fraction of sp³-hybridized carbons (Fsp3) is 0.391. The third-order valence-electron chi connectivity index (χ3n) is 5.50. The van der Waals surface area contributed by atoms with Crippen molar-refractivity contribution in [1.29, 1.82) is 0 Å². The SMILES string of the molecule is COCC1(Oc2cc3c(NCc4cc(F)cc(C(F)(F)F)c4F)nc(C)nc3cc2OC)CC1. The van der Waals surface area contributed by atoms with Crippen LogP contribution in [0.5, 0.6) is 11.5 Å². The van der Waals surface area contributed by atoms with E-state index in [1.807, 2.05) is 0 Å². The van der Waals surface area contributed by atoms with Crippen LogP contribution in [0.1, 0.15) is 29.8 Å². The van der Waals surface area contributed by atoms with Crippen LogP contribution in [-0.4, -0.2) is 36.4 Å². The lowest BCUT2D eigenvalue weighted by atomic mass is 10.1. The van der Waals surface area contributed by atoms with Crippen molar-refractivity contribution < 1.29 is 36.2 Å². The maximum absolute atomic E-state index is 14.5. The molecule has 1 aliphatic carbocycles. The molecule has 0 bridgehead atoms. The first kappa shape index (κ1) is 23.9. The number of ether oxygens (including phenoxy) is 3. The van der Waals surface area contributed by atoms with E-state index >= 15 is 0 Å². The molecule has 182 valence electrons. The first-order valence-electron chi connectivity index (χ1n) is 10.4. The Morgan fingerprint density at radius 3 is 2.38 bits per heavy atom. The highest BCUT2D eigenvalue weighted by Gasteiger charge is 2.46. The Labute approximate surface area is 192 Å². The third kappa shape index (κ3) is 4.84. The number of benzene rings is 2. The van der Waals surface area contributed by atoms with Crippen LogP contribution >= 0.6 is 0 Å². The lowest BCUT2D eigenvalue weighted by Gasteiger charge is -2.20. The second-order valence-corrected chi connectivity index (χ2v) is 8.14. The fourth-order valence-electron chi connectivity index (χ4n) is 3.70. The van der Waals surface area contributed by atoms with Gasteiger partial charge in [-0.3, -0.25) is 0 Å². The summed E-state index contributed by atoms with van der Waals surface area (Å²) in [7, 11) is 3.07. The maximum Gasteiger partial charge on any atom is 0.419 e. The van der Waals surface area contributed by atoms with Gasteiger partial charge in [-0.25, -0.2) is 18.7 Å². The summed E-state index contributed by atoms with van der Waals surface area (Å²) in [4.78, 5) is 8.68. The zero-order valence-corrected chi connectivity index (χ0v) is 18.6. The van der Waals surface area contributed by atoms with Gasteiger partial charge in [-0.15, -0.1) is 0 Å². The van der Waals surface area contributed by atoms with Gasteiger partial charge in [-0.2, -0.15) is 13.2 Å². The molecule has 1 fully saturated rings. The normalized spacial score (nSPS) is 14.8. The zero-order chi connectivity index (χ0) is 24.7. The smallest absolute Gasteiger partial charge is 0.419 e. The lowest BCUT2D eigenvalue weighted by Crippen LogP contribution is -2.24. The van der Waals surface area contributed by atoms with E-state index in [1.54, 1.807) is 26.2 Å². The van der Waals surface area contributed by atoms with E-state index in [1.165, 1.54) is 7.11 Å². The molecular weight excluding hydrogens is 461 g/mol. The second-order valence-electron chi connectivity index (χ2n) is 8.14. The summed E-state index contributed by atoms with van der Waals surface area (Å²) in [5.74, 6) is -1.30. The molecule has 0 aliphatic heterocycles. The molecule has 0 radical (unpaired) electrons. The summed E-state index contributed by atoms with van der Waals surface area (Å²) >= 11 is 0. The van der Waals surface area contributed by atoms with Crippen molar-refractivity contribution in [2.24, 2.45) is 0 Å². The average molecular weight is 483 g/mol. The molecule has 0 unspecified atom stereocenters. The quantitative estimate of drug-likeness (QED) is 0.432. The van der Waals surface area contributed by atoms with Gasteiger partial charge in [0, 0.05) is 30.7 Å². The summed E-state index contributed by atoms with van der Waals surface area (Å²) in [6.45, 7) is 1.59. The molecule has 34 heavy (non-hydrogen) atoms. The van der Waals surface area contributed by atoms with Gasteiger partial charge in [0.25, 0.3) is 0 Å². The Morgan fingerprint density at radius 2 is 1.76 bits per heavy atom. The molecule has 1 heterocycles. The molecule has 4 rings (SSSR count). The predicted octanol–water partition coefficient (Wildman–Crippen LogP) is 5.41. The number of nitrogens with one attached hydrogen (secondary N) is 1. The van der Waals surface area contributed by atoms with Crippen molar-refractivity contribution in [2.75, 3.05) is 26.1 Å². The van der Waals surface area contributed by atoms with Gasteiger partial charge >= 0.3 is 6.18 Å². The van der Waals surface area contributed by atoms with Crippen molar-refractivity contribution in [3.63, 3.8) is 0 Å². The molecule has 1 saturated carbocycles. The minimum Gasteiger partial charge on any atom is -0.493 e. The van der Waals surface area contributed by atoms with Crippen LogP contribution in [0.15, 0.2) is 24.3 Å². The van der Waals surface area contributed by atoms with Gasteiger partial charge in [-0.05, 0) is 38.0 Å². The van der Waals surface area contributed by atoms with Crippen molar-refractivity contribution in [3.05, 3.63) is 52.9 Å². The molecule has 0 amide bonds. The van der Waals surface area contributed by atoms with Crippen LogP contribution in [0.25, 0.3) is 10.9 Å². The Hall–Kier alpha value is -3.21. The van der Waals surface area contributed by atoms with Crippen molar-refractivity contribution in [3.8, 4) is 11.5 Å². The minimum atomic E-state index is -5.02. The molecule has 11 heteroatoms. The molecular formula is C23H22F5N3O3. The molecule has 1 aromatic heterocycles. The molecule has 3 aromatic rings. The van der Waals surface area contributed by atoms with E-state index in [9.17, 15) is 22.0 Å². The van der Waals surface area contributed by atoms with Gasteiger partial charge in [-0.1, -0.05) is 0 Å². The van der Waals surface area contributed by atoms with Crippen molar-refractivity contribution in [2.45, 2.75) is 38.1 Å². The van der Waals surface area contributed by atoms with Crippen LogP contribution in [0, 0.1) is 18.6 Å². The summed E-state index contributed by atoms with van der Waals surface area (Å²) in [6, 6.07) is 4.15. The zero-order valence-electron chi connectivity index (χ0n) is 18.6. The van der Waals surface area contributed by atoms with E-state index in [2.05, 4.69) is 15.3 Å². The molecule has 0 atom stereocenters. The molecule has 6 nitrogen and oxygen atoms in total. The van der Waals surface area contributed by atoms with E-state index in [0.29, 0.717) is 40.9 Å². The van der Waals surface area contributed by atoms with Crippen LogP contribution in [-0.2, 0) is 17.5 Å². The Balaban J connectivity index is 1.71. The van der Waals surface area contributed by atoms with E-state index in [-0.39, 0.29) is 11.9 Å². The number of fused-ring (bicyclic) bond motifs is 1. The summed E-state index contributed by atoms with van der Waals surface area (Å²) in [5, 5.41) is 3.29. The van der Waals surface area contributed by atoms with Crippen LogP contribution in [0.3, 0.4) is 0 Å². The first-order valence-corrected chi connectivity index (χ1v) is 10.4. The summed E-state index contributed by atoms with van der Waals surface area (Å²) in [5.41, 5.74) is -2.14. The number of nitrogens with zero attached hydrogens (tertiary/aromatic N) is 2. The molecule has 1 N–H and O–H groups in total. The summed E-state index contributed by atoms with van der Waals surface area (Å²) < 4.78 is 84.3. The number of aryl methyl sites for hydroxylation is 1. The number of hydrogen-bond acceptors (Lipinski definition) is 6. The number of halogens is 5. The number of anilines is 1. The van der Waals surface area contributed by atoms with Crippen LogP contribution in [0.2, 0.25) is 0 Å². The highest BCUT2D eigenvalue weighted by molar-refractivity contribution is 5.91. The Kier molecular flexibility index (Phi) is 6.24. The minimum absolute atomic E-state index is 0.132. The number of hydrogen-bond donors (Lipinski definition) is 1. The third-order valence-corrected chi connectivity index (χ3v) is 5.50. The number of rotatable bonds is 8. The molecule has 2 aromatic carbocycles. The van der Waals surface area contributed by atoms with Crippen LogP contribution in [0.4, 0.5) is 27.8 Å². The van der Waals surface area contributed by atoms with Crippen molar-refractivity contribution >= 4 is 16.7 Å². The number of alkyl halides is 3. The molecule has 0 saturated heterocycles. The maximum atomic E-state index is 14.5. The lowest BCUT2D eigenvalue weighted by molar-refractivity contribution is -0.140. The Bertz CT molecular complexity index is 1230. The van der Waals surface area contributed by atoms with Crippen LogP contribution < -0.4 is 14.8 Å². The van der Waals surface area contributed by atoms with Gasteiger partial charge < -0.3 is 19.5 Å². The van der Waals surface area contributed by atoms with Gasteiger partial charge in [0.1, 0.15) is 28.9 Å². The summed E-state index contributed by atoms with van der Waals surface area (Å²) in [6.07, 6.45) is -3.42. The number of aromatic nitrogens is 2. The largest absolute Gasteiger partial charge is 0.493 e. The van der Waals surface area contributed by atoms with Gasteiger partial charge in [0.2, 0.25) is 0 Å². The molecule has 0 spiro atoms. The number of methoxy groups -OCH3 is 2. The highest BCUT2D eigenvalue weighted by Crippen LogP contribution is 2.44. The molecule has 1 aliphatic rings. The first-order chi connectivity index (χ1) is 16.0. The van der Waals surface area contributed by atoms with E-state index in [4.69, 9.17) is 14.2 Å². The second kappa shape index (κ2) is 8.86. The average Bonchev–Trinajstić information content (AvgIpc) is 3.52. The highest BCUT2D eigenvalue weighted by atomic mass is 19.4. The van der Waals surface area contributed by atoms with Gasteiger partial charge in [0.05, 0.1) is 24.8 Å². The Morgan fingerprint density at radius 1 is 1.03 bits per heavy atom. The van der Waals surface area contributed by atoms with Gasteiger partial charge in [0.15, 0.2) is 11.5 Å². The van der Waals surface area contributed by atoms with E-state index in [0.717, 1.165) is 12.8 Å². The predicted molar refractivity (Wildman–Crippen MR) is 114 cm³/mol.